The Morgan fingerprint density at radius 3 is 2.64 bits per heavy atom. The van der Waals surface area contributed by atoms with Crippen molar-refractivity contribution in [3.8, 4) is 0 Å². The second kappa shape index (κ2) is 4.31. The van der Waals surface area contributed by atoms with Gasteiger partial charge in [0.2, 0.25) is 11.8 Å². The van der Waals surface area contributed by atoms with Gasteiger partial charge >= 0.3 is 0 Å². The maximum Gasteiger partial charge on any atom is 0.226 e. The molecule has 1 rings (SSSR count). The van der Waals surface area contributed by atoms with Crippen molar-refractivity contribution in [1.29, 1.82) is 0 Å². The molecule has 6 heteroatoms. The van der Waals surface area contributed by atoms with Crippen LogP contribution in [-0.2, 0) is 0 Å². The minimum atomic E-state index is 0.0613. The Labute approximate surface area is 81.9 Å². The molecule has 0 aliphatic rings. The molecule has 0 aliphatic carbocycles. The van der Waals surface area contributed by atoms with Crippen LogP contribution in [0.4, 0.5) is 5.88 Å². The van der Waals surface area contributed by atoms with Crippen molar-refractivity contribution in [3.63, 3.8) is 0 Å². The van der Waals surface area contributed by atoms with Gasteiger partial charge in [-0.3, -0.25) is 0 Å². The van der Waals surface area contributed by atoms with E-state index >= 15 is 0 Å². The normalized spacial score (nSPS) is 13.0. The van der Waals surface area contributed by atoms with E-state index in [0.29, 0.717) is 5.88 Å². The third-order valence-electron chi connectivity index (χ3n) is 1.42. The smallest absolute Gasteiger partial charge is 0.226 e. The molecule has 0 aliphatic heterocycles. The predicted molar refractivity (Wildman–Crippen MR) is 55.3 cm³/mol. The van der Waals surface area contributed by atoms with Gasteiger partial charge in [-0.1, -0.05) is 0 Å². The van der Waals surface area contributed by atoms with Crippen LogP contribution in [0.5, 0.6) is 0 Å². The van der Waals surface area contributed by atoms with E-state index in [0.717, 1.165) is 0 Å². The van der Waals surface area contributed by atoms with E-state index in [-0.39, 0.29) is 11.9 Å². The number of aliphatic imine (C=N–C) groups is 2. The van der Waals surface area contributed by atoms with E-state index in [1.54, 1.807) is 31.1 Å². The van der Waals surface area contributed by atoms with Gasteiger partial charge in [0.15, 0.2) is 5.96 Å². The first-order valence-electron chi connectivity index (χ1n) is 3.98. The van der Waals surface area contributed by atoms with Crippen molar-refractivity contribution in [3.05, 3.63) is 18.4 Å². The van der Waals surface area contributed by atoms with Crippen molar-refractivity contribution < 1.29 is 4.42 Å². The molecule has 76 valence electrons. The summed E-state index contributed by atoms with van der Waals surface area (Å²) in [6, 6.07) is 3.39. The molecule has 1 aromatic rings. The van der Waals surface area contributed by atoms with Gasteiger partial charge in [0.25, 0.3) is 0 Å². The quantitative estimate of drug-likeness (QED) is 0.491. The summed E-state index contributed by atoms with van der Waals surface area (Å²) in [5.74, 6) is 0.752. The van der Waals surface area contributed by atoms with Crippen molar-refractivity contribution in [2.75, 3.05) is 14.1 Å². The molecule has 6 nitrogen and oxygen atoms in total. The number of nitrogens with two attached hydrogens (primary N) is 2. The fourth-order valence-corrected chi connectivity index (χ4v) is 0.689. The molecular formula is C8H13N5O. The highest BCUT2D eigenvalue weighted by Gasteiger charge is 1.97. The van der Waals surface area contributed by atoms with E-state index in [1.807, 2.05) is 0 Å². The summed E-state index contributed by atoms with van der Waals surface area (Å²) in [4.78, 5) is 9.34. The lowest BCUT2D eigenvalue weighted by molar-refractivity contribution is 0.577. The van der Waals surface area contributed by atoms with Crippen LogP contribution in [0.25, 0.3) is 0 Å². The van der Waals surface area contributed by atoms with Gasteiger partial charge in [0, 0.05) is 20.2 Å². The molecule has 0 fully saturated rings. The Hall–Kier alpha value is -1.98. The van der Waals surface area contributed by atoms with Gasteiger partial charge in [-0.25, -0.2) is 0 Å². The standard InChI is InChI=1S/C8H13N5O/c1-13(2)8(10)12-7(9)11-6-4-3-5-14-6/h3-5H,1-2H3,(H4,9,10,11,12). The molecule has 4 N–H and O–H groups in total. The van der Waals surface area contributed by atoms with Gasteiger partial charge in [-0.2, -0.15) is 9.98 Å². The number of rotatable bonds is 1. The van der Waals surface area contributed by atoms with Gasteiger partial charge in [0.1, 0.15) is 0 Å². The minimum Gasteiger partial charge on any atom is -0.447 e. The van der Waals surface area contributed by atoms with Gasteiger partial charge in [-0.05, 0) is 6.07 Å². The lowest BCUT2D eigenvalue weighted by atomic mass is 10.6. The SMILES string of the molecule is CN(C)C(N)=NC(N)=Nc1ccco1. The summed E-state index contributed by atoms with van der Waals surface area (Å²) in [6.07, 6.45) is 1.51. The topological polar surface area (TPSA) is 93.1 Å². The highest BCUT2D eigenvalue weighted by Crippen LogP contribution is 2.10. The lowest BCUT2D eigenvalue weighted by Crippen LogP contribution is -2.32. The molecular weight excluding hydrogens is 182 g/mol. The number of guanidine groups is 2. The Morgan fingerprint density at radius 1 is 1.43 bits per heavy atom. The van der Waals surface area contributed by atoms with Crippen LogP contribution >= 0.6 is 0 Å². The molecule has 0 spiro atoms. The van der Waals surface area contributed by atoms with Crippen LogP contribution in [-0.4, -0.2) is 30.9 Å². The molecule has 0 aromatic carbocycles. The second-order valence-corrected chi connectivity index (χ2v) is 2.79. The summed E-state index contributed by atoms with van der Waals surface area (Å²) in [5.41, 5.74) is 11.0. The minimum absolute atomic E-state index is 0.0613. The van der Waals surface area contributed by atoms with Crippen molar-refractivity contribution >= 4 is 17.8 Å². The molecule has 1 heterocycles. The summed E-state index contributed by atoms with van der Waals surface area (Å²) < 4.78 is 4.96. The molecule has 0 saturated carbocycles. The van der Waals surface area contributed by atoms with E-state index in [9.17, 15) is 0 Å². The molecule has 1 aromatic heterocycles. The molecule has 14 heavy (non-hydrogen) atoms. The molecule has 0 amide bonds. The summed E-state index contributed by atoms with van der Waals surface area (Å²) >= 11 is 0. The maximum absolute atomic E-state index is 5.53. The van der Waals surface area contributed by atoms with E-state index in [1.165, 1.54) is 6.26 Å². The number of hydrogen-bond donors (Lipinski definition) is 2. The van der Waals surface area contributed by atoms with Crippen molar-refractivity contribution in [2.24, 2.45) is 21.5 Å². The zero-order valence-corrected chi connectivity index (χ0v) is 8.14. The number of hydrogen-bond acceptors (Lipinski definition) is 2. The zero-order chi connectivity index (χ0) is 10.6. The van der Waals surface area contributed by atoms with Crippen LogP contribution < -0.4 is 11.5 Å². The number of furan rings is 1. The van der Waals surface area contributed by atoms with E-state index < -0.39 is 0 Å². The number of nitrogens with zero attached hydrogens (tertiary/aromatic N) is 3. The molecule has 0 radical (unpaired) electrons. The van der Waals surface area contributed by atoms with Gasteiger partial charge in [0.05, 0.1) is 6.26 Å². The Kier molecular flexibility index (Phi) is 3.11. The second-order valence-electron chi connectivity index (χ2n) is 2.79. The molecule has 0 bridgehead atoms. The highest BCUT2D eigenvalue weighted by molar-refractivity contribution is 5.93. The average Bonchev–Trinajstić information content (AvgIpc) is 2.56. The third kappa shape index (κ3) is 2.81. The first-order valence-corrected chi connectivity index (χ1v) is 3.98. The first kappa shape index (κ1) is 10.1. The Bertz CT molecular complexity index is 339. The Morgan fingerprint density at radius 2 is 2.14 bits per heavy atom. The molecule has 0 unspecified atom stereocenters. The first-order chi connectivity index (χ1) is 6.59. The van der Waals surface area contributed by atoms with Crippen LogP contribution in [0.3, 0.4) is 0 Å². The predicted octanol–water partition coefficient (Wildman–Crippen LogP) is 0.102. The largest absolute Gasteiger partial charge is 0.447 e. The van der Waals surface area contributed by atoms with Gasteiger partial charge < -0.3 is 20.8 Å². The van der Waals surface area contributed by atoms with Crippen LogP contribution in [0.15, 0.2) is 32.8 Å². The summed E-state index contributed by atoms with van der Waals surface area (Å²) in [7, 11) is 3.53. The maximum atomic E-state index is 5.53. The molecule has 0 saturated heterocycles. The molecule has 0 atom stereocenters. The third-order valence-corrected chi connectivity index (χ3v) is 1.42. The zero-order valence-electron chi connectivity index (χ0n) is 8.14. The average molecular weight is 195 g/mol. The van der Waals surface area contributed by atoms with E-state index in [2.05, 4.69) is 9.98 Å². The fraction of sp³-hybridized carbons (Fsp3) is 0.250. The van der Waals surface area contributed by atoms with E-state index in [4.69, 9.17) is 15.9 Å². The summed E-state index contributed by atoms with van der Waals surface area (Å²) in [6.45, 7) is 0. The van der Waals surface area contributed by atoms with Crippen LogP contribution in [0.1, 0.15) is 0 Å². The monoisotopic (exact) mass is 195 g/mol. The summed E-state index contributed by atoms with van der Waals surface area (Å²) in [5, 5.41) is 0. The lowest BCUT2D eigenvalue weighted by Gasteiger charge is -2.09. The van der Waals surface area contributed by atoms with Crippen LogP contribution in [0, 0.1) is 0 Å². The van der Waals surface area contributed by atoms with Crippen molar-refractivity contribution in [1.82, 2.24) is 4.90 Å². The van der Waals surface area contributed by atoms with Crippen LogP contribution in [0.2, 0.25) is 0 Å². The fourth-order valence-electron chi connectivity index (χ4n) is 0.689. The highest BCUT2D eigenvalue weighted by atomic mass is 16.3. The van der Waals surface area contributed by atoms with Gasteiger partial charge in [-0.15, -0.1) is 0 Å². The Balaban J connectivity index is 2.76. The van der Waals surface area contributed by atoms with Crippen molar-refractivity contribution in [2.45, 2.75) is 0 Å².